The number of hydrogen-bond donors (Lipinski definition) is 0. The Bertz CT molecular complexity index is 1120. The summed E-state index contributed by atoms with van der Waals surface area (Å²) in [5.74, 6) is -0.0871. The fourth-order valence-electron chi connectivity index (χ4n) is 3.15. The maximum Gasteiger partial charge on any atom is 0.212 e. The number of rotatable bonds is 3. The van der Waals surface area contributed by atoms with E-state index in [1.807, 2.05) is 68.4 Å². The highest BCUT2D eigenvalue weighted by molar-refractivity contribution is 6.11. The van der Waals surface area contributed by atoms with Gasteiger partial charge in [-0.1, -0.05) is 48.0 Å². The maximum absolute atomic E-state index is 13.0. The maximum atomic E-state index is 13.0. The minimum Gasteiger partial charge on any atom is -0.287 e. The highest BCUT2D eigenvalue weighted by atomic mass is 16.1. The number of nitrogens with zero attached hydrogens (tertiary/aromatic N) is 2. The number of benzene rings is 2. The minimum atomic E-state index is -0.0871. The summed E-state index contributed by atoms with van der Waals surface area (Å²) in [4.78, 5) is 22.1. The van der Waals surface area contributed by atoms with Crippen LogP contribution < -0.4 is 0 Å². The summed E-state index contributed by atoms with van der Waals surface area (Å²) in [7, 11) is 0. The molecule has 0 radical (unpaired) electrons. The van der Waals surface area contributed by atoms with Crippen LogP contribution in [0.1, 0.15) is 27.2 Å². The van der Waals surface area contributed by atoms with Gasteiger partial charge in [0.2, 0.25) is 5.78 Å². The Morgan fingerprint density at radius 1 is 0.885 bits per heavy atom. The molecular weight excluding hydrogens is 320 g/mol. The first-order valence-electron chi connectivity index (χ1n) is 8.56. The Morgan fingerprint density at radius 2 is 1.77 bits per heavy atom. The van der Waals surface area contributed by atoms with Crippen molar-refractivity contribution < 1.29 is 4.79 Å². The largest absolute Gasteiger partial charge is 0.287 e. The van der Waals surface area contributed by atoms with Gasteiger partial charge in [-0.15, -0.1) is 0 Å². The molecule has 0 aliphatic carbocycles. The van der Waals surface area contributed by atoms with E-state index in [1.54, 1.807) is 12.3 Å². The van der Waals surface area contributed by atoms with Crippen molar-refractivity contribution in [1.82, 2.24) is 9.97 Å². The molecule has 0 saturated carbocycles. The van der Waals surface area contributed by atoms with Gasteiger partial charge in [0.05, 0.1) is 11.2 Å². The first-order valence-corrected chi connectivity index (χ1v) is 8.56. The number of hydrogen-bond acceptors (Lipinski definition) is 3. The van der Waals surface area contributed by atoms with Gasteiger partial charge in [-0.2, -0.15) is 0 Å². The Balaban J connectivity index is 1.90. The molecule has 0 spiro atoms. The van der Waals surface area contributed by atoms with Crippen molar-refractivity contribution in [3.05, 3.63) is 95.3 Å². The fourth-order valence-corrected chi connectivity index (χ4v) is 3.15. The van der Waals surface area contributed by atoms with Gasteiger partial charge in [-0.05, 0) is 43.7 Å². The van der Waals surface area contributed by atoms with Crippen LogP contribution in [0.4, 0.5) is 0 Å². The Hall–Kier alpha value is -3.33. The van der Waals surface area contributed by atoms with Gasteiger partial charge in [-0.3, -0.25) is 9.78 Å². The lowest BCUT2D eigenvalue weighted by molar-refractivity contribution is 0.103. The molecule has 0 saturated heterocycles. The molecule has 0 N–H and O–H groups in total. The van der Waals surface area contributed by atoms with Crippen molar-refractivity contribution in [3.63, 3.8) is 0 Å². The number of para-hydroxylation sites is 1. The van der Waals surface area contributed by atoms with Crippen LogP contribution in [-0.2, 0) is 0 Å². The van der Waals surface area contributed by atoms with E-state index in [0.717, 1.165) is 33.3 Å². The van der Waals surface area contributed by atoms with Crippen LogP contribution in [0.15, 0.2) is 72.9 Å². The Labute approximate surface area is 152 Å². The van der Waals surface area contributed by atoms with E-state index in [-0.39, 0.29) is 5.78 Å². The van der Waals surface area contributed by atoms with Gasteiger partial charge < -0.3 is 0 Å². The van der Waals surface area contributed by atoms with Gasteiger partial charge in [0, 0.05) is 22.7 Å². The third-order valence-corrected chi connectivity index (χ3v) is 4.52. The summed E-state index contributed by atoms with van der Waals surface area (Å²) in [6, 6.07) is 21.4. The van der Waals surface area contributed by atoms with Gasteiger partial charge in [0.15, 0.2) is 0 Å². The lowest BCUT2D eigenvalue weighted by Crippen LogP contribution is -2.06. The van der Waals surface area contributed by atoms with E-state index >= 15 is 0 Å². The van der Waals surface area contributed by atoms with Gasteiger partial charge in [0.25, 0.3) is 0 Å². The Morgan fingerprint density at radius 3 is 2.58 bits per heavy atom. The van der Waals surface area contributed by atoms with Crippen LogP contribution in [0.3, 0.4) is 0 Å². The first-order chi connectivity index (χ1) is 12.6. The number of aromatic nitrogens is 2. The van der Waals surface area contributed by atoms with E-state index in [4.69, 9.17) is 4.98 Å². The predicted octanol–water partition coefficient (Wildman–Crippen LogP) is 5.14. The summed E-state index contributed by atoms with van der Waals surface area (Å²) in [5, 5.41) is 1.10. The van der Waals surface area contributed by atoms with Crippen LogP contribution in [0.5, 0.6) is 0 Å². The Kier molecular flexibility index (Phi) is 4.05. The number of carbonyl (C=O) groups is 1. The van der Waals surface area contributed by atoms with Crippen LogP contribution in [-0.4, -0.2) is 15.8 Å². The summed E-state index contributed by atoms with van der Waals surface area (Å²) >= 11 is 0. The zero-order chi connectivity index (χ0) is 18.1. The molecule has 3 nitrogen and oxygen atoms in total. The van der Waals surface area contributed by atoms with Crippen LogP contribution in [0.2, 0.25) is 0 Å². The molecular formula is C23H18N2O. The average molecular weight is 338 g/mol. The average Bonchev–Trinajstić information content (AvgIpc) is 2.68. The summed E-state index contributed by atoms with van der Waals surface area (Å²) in [5.41, 5.74) is 5.81. The van der Waals surface area contributed by atoms with Crippen molar-refractivity contribution in [3.8, 4) is 11.3 Å². The minimum absolute atomic E-state index is 0.0871. The second-order valence-electron chi connectivity index (χ2n) is 6.44. The third-order valence-electron chi connectivity index (χ3n) is 4.52. The number of pyridine rings is 2. The van der Waals surface area contributed by atoms with Crippen molar-refractivity contribution in [2.45, 2.75) is 13.8 Å². The van der Waals surface area contributed by atoms with Gasteiger partial charge >= 0.3 is 0 Å². The molecule has 2 heterocycles. The van der Waals surface area contributed by atoms with Gasteiger partial charge in [0.1, 0.15) is 5.69 Å². The summed E-state index contributed by atoms with van der Waals surface area (Å²) in [6.07, 6.45) is 1.64. The van der Waals surface area contributed by atoms with Crippen LogP contribution >= 0.6 is 0 Å². The monoisotopic (exact) mass is 338 g/mol. The number of fused-ring (bicyclic) bond motifs is 1. The molecule has 26 heavy (non-hydrogen) atoms. The normalized spacial score (nSPS) is 10.8. The highest BCUT2D eigenvalue weighted by Gasteiger charge is 2.17. The molecule has 0 aliphatic rings. The second-order valence-corrected chi connectivity index (χ2v) is 6.44. The number of aryl methyl sites for hydroxylation is 2. The molecule has 3 heteroatoms. The molecule has 4 aromatic rings. The molecule has 0 fully saturated rings. The topological polar surface area (TPSA) is 42.9 Å². The quantitative estimate of drug-likeness (QED) is 0.486. The molecule has 0 atom stereocenters. The SMILES string of the molecule is Cc1ccc(-c2ccc3cccc(C)c3n2)c(C(=O)c2ccccn2)c1. The summed E-state index contributed by atoms with van der Waals surface area (Å²) < 4.78 is 0. The third kappa shape index (κ3) is 2.88. The predicted molar refractivity (Wildman–Crippen MR) is 104 cm³/mol. The molecule has 0 amide bonds. The fraction of sp³-hybridized carbons (Fsp3) is 0.0870. The molecule has 4 rings (SSSR count). The lowest BCUT2D eigenvalue weighted by Gasteiger charge is -2.11. The number of ketones is 1. The van der Waals surface area contributed by atoms with E-state index in [2.05, 4.69) is 11.1 Å². The van der Waals surface area contributed by atoms with Crippen LogP contribution in [0.25, 0.3) is 22.2 Å². The molecule has 0 bridgehead atoms. The van der Waals surface area contributed by atoms with Gasteiger partial charge in [-0.25, -0.2) is 4.98 Å². The smallest absolute Gasteiger partial charge is 0.212 e. The van der Waals surface area contributed by atoms with E-state index < -0.39 is 0 Å². The van der Waals surface area contributed by atoms with E-state index in [0.29, 0.717) is 11.3 Å². The van der Waals surface area contributed by atoms with E-state index in [9.17, 15) is 4.79 Å². The van der Waals surface area contributed by atoms with Crippen molar-refractivity contribution in [2.24, 2.45) is 0 Å². The van der Waals surface area contributed by atoms with Crippen molar-refractivity contribution >= 4 is 16.7 Å². The lowest BCUT2D eigenvalue weighted by atomic mass is 9.96. The first kappa shape index (κ1) is 16.2. The molecule has 0 unspecified atom stereocenters. The molecule has 0 aliphatic heterocycles. The van der Waals surface area contributed by atoms with E-state index in [1.165, 1.54) is 0 Å². The number of carbonyl (C=O) groups excluding carboxylic acids is 1. The van der Waals surface area contributed by atoms with Crippen molar-refractivity contribution in [1.29, 1.82) is 0 Å². The highest BCUT2D eigenvalue weighted by Crippen LogP contribution is 2.28. The summed E-state index contributed by atoms with van der Waals surface area (Å²) in [6.45, 7) is 4.03. The zero-order valence-corrected chi connectivity index (χ0v) is 14.7. The standard InChI is InChI=1S/C23H18N2O/c1-15-9-11-18(19(14-15)23(26)21-8-3-4-13-24-21)20-12-10-17-7-5-6-16(2)22(17)25-20/h3-14H,1-2H3. The van der Waals surface area contributed by atoms with Crippen molar-refractivity contribution in [2.75, 3.05) is 0 Å². The zero-order valence-electron chi connectivity index (χ0n) is 14.7. The second kappa shape index (κ2) is 6.52. The molecule has 126 valence electrons. The molecule has 2 aromatic carbocycles. The molecule has 2 aromatic heterocycles. The van der Waals surface area contributed by atoms with Crippen LogP contribution in [0, 0.1) is 13.8 Å².